The molecule has 0 aromatic heterocycles. The highest BCUT2D eigenvalue weighted by Crippen LogP contribution is 2.19. The predicted octanol–water partition coefficient (Wildman–Crippen LogP) is 5.02. The van der Waals surface area contributed by atoms with E-state index in [2.05, 4.69) is 22.1 Å². The standard InChI is InChI=1S/C22H22N2O4.2C2H6/c1-2-21(25)23-20-10-7-17(15-19(20)22(26)27)4-3-16-5-8-18(9-6-16)24-11-13-28-14-12-24;2*1-2/h5-10,15H,2,11-14H2,1H3,(H,23,25)(H,26,27);2*1-2H3. The largest absolute Gasteiger partial charge is 0.478 e. The van der Waals surface area contributed by atoms with Crippen LogP contribution in [0.25, 0.3) is 0 Å². The Morgan fingerprint density at radius 3 is 2.09 bits per heavy atom. The molecule has 0 bridgehead atoms. The van der Waals surface area contributed by atoms with Gasteiger partial charge in [0.15, 0.2) is 0 Å². The number of aromatic carboxylic acids is 1. The van der Waals surface area contributed by atoms with Gasteiger partial charge in [0.2, 0.25) is 5.91 Å². The normalized spacial score (nSPS) is 12.1. The van der Waals surface area contributed by atoms with Crippen LogP contribution in [0.5, 0.6) is 0 Å². The van der Waals surface area contributed by atoms with Crippen molar-refractivity contribution in [3.05, 3.63) is 59.2 Å². The number of carbonyl (C=O) groups excluding carboxylic acids is 1. The zero-order valence-electron chi connectivity index (χ0n) is 19.7. The second kappa shape index (κ2) is 14.7. The third kappa shape index (κ3) is 8.09. The van der Waals surface area contributed by atoms with E-state index in [1.807, 2.05) is 52.0 Å². The van der Waals surface area contributed by atoms with Crippen LogP contribution in [-0.2, 0) is 9.53 Å². The van der Waals surface area contributed by atoms with Crippen molar-refractivity contribution in [3.63, 3.8) is 0 Å². The molecule has 0 spiro atoms. The minimum absolute atomic E-state index is 0.0243. The Hall–Kier alpha value is -3.30. The first kappa shape index (κ1) is 26.7. The minimum atomic E-state index is -1.11. The maximum atomic E-state index is 11.6. The number of nitrogens with one attached hydrogen (secondary N) is 1. The van der Waals surface area contributed by atoms with Gasteiger partial charge in [-0.05, 0) is 42.5 Å². The van der Waals surface area contributed by atoms with E-state index in [-0.39, 0.29) is 23.6 Å². The number of benzene rings is 2. The molecule has 32 heavy (non-hydrogen) atoms. The third-order valence-electron chi connectivity index (χ3n) is 4.44. The number of carboxylic acid groups (broad SMARTS) is 1. The van der Waals surface area contributed by atoms with Gasteiger partial charge in [-0.25, -0.2) is 4.79 Å². The van der Waals surface area contributed by atoms with Crippen molar-refractivity contribution in [1.82, 2.24) is 0 Å². The summed E-state index contributed by atoms with van der Waals surface area (Å²) >= 11 is 0. The SMILES string of the molecule is CC.CC.CCC(=O)Nc1ccc(C#Cc2ccc(N3CCOCC3)cc2)cc1C(=O)O. The summed E-state index contributed by atoms with van der Waals surface area (Å²) in [6, 6.07) is 12.7. The van der Waals surface area contributed by atoms with Crippen LogP contribution >= 0.6 is 0 Å². The van der Waals surface area contributed by atoms with Crippen molar-refractivity contribution in [2.45, 2.75) is 41.0 Å². The summed E-state index contributed by atoms with van der Waals surface area (Å²) in [5.41, 5.74) is 2.86. The van der Waals surface area contributed by atoms with Gasteiger partial charge in [0.05, 0.1) is 24.5 Å². The maximum absolute atomic E-state index is 11.6. The van der Waals surface area contributed by atoms with Crippen LogP contribution in [0.2, 0.25) is 0 Å². The number of morpholine rings is 1. The fourth-order valence-corrected chi connectivity index (χ4v) is 2.87. The lowest BCUT2D eigenvalue weighted by Crippen LogP contribution is -2.36. The molecule has 0 radical (unpaired) electrons. The summed E-state index contributed by atoms with van der Waals surface area (Å²) in [5.74, 6) is 4.70. The van der Waals surface area contributed by atoms with Crippen molar-refractivity contribution in [3.8, 4) is 11.8 Å². The van der Waals surface area contributed by atoms with Gasteiger partial charge in [-0.3, -0.25) is 4.79 Å². The first-order valence-electron chi connectivity index (χ1n) is 11.2. The molecule has 1 aliphatic heterocycles. The third-order valence-corrected chi connectivity index (χ3v) is 4.44. The van der Waals surface area contributed by atoms with Crippen molar-refractivity contribution in [2.24, 2.45) is 0 Å². The molecule has 1 fully saturated rings. The fourth-order valence-electron chi connectivity index (χ4n) is 2.87. The van der Waals surface area contributed by atoms with Gasteiger partial charge in [0.1, 0.15) is 0 Å². The lowest BCUT2D eigenvalue weighted by molar-refractivity contribution is -0.115. The van der Waals surface area contributed by atoms with Gasteiger partial charge < -0.3 is 20.1 Å². The Labute approximate surface area is 191 Å². The van der Waals surface area contributed by atoms with Gasteiger partial charge in [-0.1, -0.05) is 46.5 Å². The molecule has 0 saturated carbocycles. The fraction of sp³-hybridized carbons (Fsp3) is 0.385. The Morgan fingerprint density at radius 1 is 0.969 bits per heavy atom. The van der Waals surface area contributed by atoms with Crippen molar-refractivity contribution in [1.29, 1.82) is 0 Å². The molecular formula is C26H34N2O4. The van der Waals surface area contributed by atoms with Gasteiger partial charge in [-0.15, -0.1) is 0 Å². The summed E-state index contributed by atoms with van der Waals surface area (Å²) in [6.07, 6.45) is 0.279. The van der Waals surface area contributed by atoms with Crippen LogP contribution in [0.1, 0.15) is 62.5 Å². The van der Waals surface area contributed by atoms with Crippen molar-refractivity contribution >= 4 is 23.3 Å². The average molecular weight is 439 g/mol. The van der Waals surface area contributed by atoms with Crippen LogP contribution in [-0.4, -0.2) is 43.3 Å². The second-order valence-corrected chi connectivity index (χ2v) is 6.36. The molecule has 1 aliphatic rings. The summed E-state index contributed by atoms with van der Waals surface area (Å²) in [7, 11) is 0. The van der Waals surface area contributed by atoms with Gasteiger partial charge in [0.25, 0.3) is 0 Å². The van der Waals surface area contributed by atoms with Crippen LogP contribution in [0, 0.1) is 11.8 Å². The van der Waals surface area contributed by atoms with Crippen LogP contribution in [0.15, 0.2) is 42.5 Å². The van der Waals surface area contributed by atoms with Gasteiger partial charge in [-0.2, -0.15) is 0 Å². The number of rotatable bonds is 4. The highest BCUT2D eigenvalue weighted by atomic mass is 16.5. The molecule has 3 rings (SSSR count). The van der Waals surface area contributed by atoms with E-state index in [9.17, 15) is 14.7 Å². The Kier molecular flexibility index (Phi) is 12.2. The molecule has 2 aromatic rings. The molecule has 1 saturated heterocycles. The van der Waals surface area contributed by atoms with Gasteiger partial charge >= 0.3 is 5.97 Å². The predicted molar refractivity (Wildman–Crippen MR) is 130 cm³/mol. The number of nitrogens with zero attached hydrogens (tertiary/aromatic N) is 1. The quantitative estimate of drug-likeness (QED) is 0.655. The molecule has 2 N–H and O–H groups in total. The molecule has 2 aromatic carbocycles. The van der Waals surface area contributed by atoms with E-state index in [1.54, 1.807) is 19.1 Å². The zero-order chi connectivity index (χ0) is 23.9. The number of ether oxygens (including phenoxy) is 1. The summed E-state index contributed by atoms with van der Waals surface area (Å²) in [4.78, 5) is 25.3. The molecule has 1 amide bonds. The van der Waals surface area contributed by atoms with E-state index < -0.39 is 5.97 Å². The molecule has 1 heterocycles. The van der Waals surface area contributed by atoms with E-state index in [0.29, 0.717) is 5.56 Å². The number of amides is 1. The van der Waals surface area contributed by atoms with E-state index in [1.165, 1.54) is 6.07 Å². The Morgan fingerprint density at radius 2 is 1.53 bits per heavy atom. The van der Waals surface area contributed by atoms with E-state index >= 15 is 0 Å². The minimum Gasteiger partial charge on any atom is -0.478 e. The molecule has 0 atom stereocenters. The molecule has 0 unspecified atom stereocenters. The maximum Gasteiger partial charge on any atom is 0.337 e. The summed E-state index contributed by atoms with van der Waals surface area (Å²) in [5, 5.41) is 12.0. The Balaban J connectivity index is 0.00000121. The topological polar surface area (TPSA) is 78.9 Å². The first-order chi connectivity index (χ1) is 15.6. The van der Waals surface area contributed by atoms with E-state index in [4.69, 9.17) is 4.74 Å². The van der Waals surface area contributed by atoms with Gasteiger partial charge in [0, 0.05) is 36.3 Å². The van der Waals surface area contributed by atoms with Crippen molar-refractivity contribution < 1.29 is 19.4 Å². The second-order valence-electron chi connectivity index (χ2n) is 6.36. The Bertz CT molecular complexity index is 921. The lowest BCUT2D eigenvalue weighted by atomic mass is 10.1. The van der Waals surface area contributed by atoms with Crippen molar-refractivity contribution in [2.75, 3.05) is 36.5 Å². The molecule has 6 heteroatoms. The first-order valence-corrected chi connectivity index (χ1v) is 11.2. The van der Waals surface area contributed by atoms with Crippen LogP contribution in [0.4, 0.5) is 11.4 Å². The number of carbonyl (C=O) groups is 2. The number of anilines is 2. The summed E-state index contributed by atoms with van der Waals surface area (Å²) in [6.45, 7) is 12.9. The van der Waals surface area contributed by atoms with Crippen LogP contribution in [0.3, 0.4) is 0 Å². The molecule has 6 nitrogen and oxygen atoms in total. The number of carboxylic acids is 1. The molecular weight excluding hydrogens is 404 g/mol. The van der Waals surface area contributed by atoms with Crippen LogP contribution < -0.4 is 10.2 Å². The highest BCUT2D eigenvalue weighted by Gasteiger charge is 2.13. The molecule has 172 valence electrons. The highest BCUT2D eigenvalue weighted by molar-refractivity contribution is 6.00. The summed E-state index contributed by atoms with van der Waals surface area (Å²) < 4.78 is 5.37. The number of hydrogen-bond donors (Lipinski definition) is 2. The zero-order valence-corrected chi connectivity index (χ0v) is 19.7. The average Bonchev–Trinajstić information content (AvgIpc) is 2.86. The monoisotopic (exact) mass is 438 g/mol. The number of hydrogen-bond acceptors (Lipinski definition) is 4. The lowest BCUT2D eigenvalue weighted by Gasteiger charge is -2.28. The smallest absolute Gasteiger partial charge is 0.337 e. The van der Waals surface area contributed by atoms with E-state index in [0.717, 1.165) is 37.6 Å². The molecule has 0 aliphatic carbocycles.